The summed E-state index contributed by atoms with van der Waals surface area (Å²) in [6.07, 6.45) is 0.902. The van der Waals surface area contributed by atoms with Crippen molar-refractivity contribution in [3.63, 3.8) is 0 Å². The van der Waals surface area contributed by atoms with E-state index in [2.05, 4.69) is 16.0 Å². The van der Waals surface area contributed by atoms with Crippen LogP contribution in [0.25, 0.3) is 0 Å². The summed E-state index contributed by atoms with van der Waals surface area (Å²) < 4.78 is 17.4. The molecule has 4 amide bonds. The van der Waals surface area contributed by atoms with E-state index in [-0.39, 0.29) is 42.9 Å². The fourth-order valence-electron chi connectivity index (χ4n) is 4.90. The Hall–Kier alpha value is -4.73. The number of urea groups is 1. The number of likely N-dealkylation sites (tertiary alicyclic amines) is 1. The van der Waals surface area contributed by atoms with Gasteiger partial charge in [-0.1, -0.05) is 42.5 Å². The van der Waals surface area contributed by atoms with E-state index >= 15 is 0 Å². The van der Waals surface area contributed by atoms with Crippen LogP contribution < -0.4 is 30.2 Å². The van der Waals surface area contributed by atoms with Crippen molar-refractivity contribution in [3.8, 4) is 17.2 Å². The molecule has 1 fully saturated rings. The van der Waals surface area contributed by atoms with Crippen LogP contribution in [0.4, 0.5) is 4.79 Å². The van der Waals surface area contributed by atoms with E-state index in [0.29, 0.717) is 43.1 Å². The quantitative estimate of drug-likeness (QED) is 0.453. The molecule has 3 aliphatic rings. The SMILES string of the molecule is COc1ccc2cc1OCC(=O)NCc1ccc(cc1)O[C@@H]1CCN(C(=O)NCCc3ccccc3)C[C@@H]1NC2=O. The molecule has 1 saturated heterocycles. The number of nitrogens with one attached hydrogen (secondary N) is 3. The van der Waals surface area contributed by atoms with Crippen LogP contribution in [0.1, 0.15) is 27.9 Å². The first-order chi connectivity index (χ1) is 20.0. The molecule has 0 radical (unpaired) electrons. The Morgan fingerprint density at radius 2 is 1.88 bits per heavy atom. The minimum atomic E-state index is -0.471. The number of ether oxygens (including phenoxy) is 3. The Kier molecular flexibility index (Phi) is 8.88. The smallest absolute Gasteiger partial charge is 0.317 e. The third-order valence-electron chi connectivity index (χ3n) is 7.17. The summed E-state index contributed by atoms with van der Waals surface area (Å²) in [7, 11) is 1.49. The molecule has 10 heteroatoms. The molecule has 3 aromatic rings. The van der Waals surface area contributed by atoms with Crippen LogP contribution in [0.3, 0.4) is 0 Å². The van der Waals surface area contributed by atoms with Gasteiger partial charge in [-0.25, -0.2) is 4.79 Å². The van der Waals surface area contributed by atoms with Gasteiger partial charge < -0.3 is 35.1 Å². The highest BCUT2D eigenvalue weighted by molar-refractivity contribution is 5.95. The van der Waals surface area contributed by atoms with Gasteiger partial charge in [-0.3, -0.25) is 9.59 Å². The second-order valence-corrected chi connectivity index (χ2v) is 10.0. The summed E-state index contributed by atoms with van der Waals surface area (Å²) in [4.78, 5) is 40.5. The molecule has 2 atom stereocenters. The number of carbonyl (C=O) groups is 3. The van der Waals surface area contributed by atoms with Crippen LogP contribution in [-0.4, -0.2) is 68.2 Å². The van der Waals surface area contributed by atoms with Gasteiger partial charge in [0.1, 0.15) is 11.9 Å². The van der Waals surface area contributed by atoms with Crippen LogP contribution in [0.5, 0.6) is 17.2 Å². The van der Waals surface area contributed by atoms with Crippen LogP contribution in [0, 0.1) is 0 Å². The van der Waals surface area contributed by atoms with Gasteiger partial charge in [-0.2, -0.15) is 0 Å². The lowest BCUT2D eigenvalue weighted by atomic mass is 10.0. The van der Waals surface area contributed by atoms with Crippen molar-refractivity contribution in [1.29, 1.82) is 0 Å². The lowest BCUT2D eigenvalue weighted by molar-refractivity contribution is -0.123. The lowest BCUT2D eigenvalue weighted by Crippen LogP contribution is -2.59. The molecule has 4 bridgehead atoms. The van der Waals surface area contributed by atoms with Gasteiger partial charge in [-0.15, -0.1) is 0 Å². The number of hydrogen-bond acceptors (Lipinski definition) is 6. The van der Waals surface area contributed by atoms with E-state index in [1.54, 1.807) is 23.1 Å². The molecule has 0 aromatic heterocycles. The molecule has 214 valence electrons. The Bertz CT molecular complexity index is 1360. The zero-order valence-electron chi connectivity index (χ0n) is 22.9. The van der Waals surface area contributed by atoms with E-state index in [1.165, 1.54) is 7.11 Å². The molecule has 3 N–H and O–H groups in total. The van der Waals surface area contributed by atoms with Gasteiger partial charge in [0.2, 0.25) is 0 Å². The zero-order chi connectivity index (χ0) is 28.6. The molecule has 3 heterocycles. The van der Waals surface area contributed by atoms with Crippen LogP contribution in [-0.2, 0) is 17.8 Å². The number of methoxy groups -OCH3 is 1. The maximum Gasteiger partial charge on any atom is 0.317 e. The van der Waals surface area contributed by atoms with Crippen molar-refractivity contribution in [2.75, 3.05) is 33.4 Å². The summed E-state index contributed by atoms with van der Waals surface area (Å²) in [5.74, 6) is 0.662. The van der Waals surface area contributed by atoms with E-state index in [0.717, 1.165) is 17.5 Å². The summed E-state index contributed by atoms with van der Waals surface area (Å²) in [6, 6.07) is 21.6. The topological polar surface area (TPSA) is 118 Å². The number of fused-ring (bicyclic) bond motifs is 7. The van der Waals surface area contributed by atoms with E-state index < -0.39 is 6.04 Å². The second-order valence-electron chi connectivity index (χ2n) is 10.0. The molecule has 0 spiro atoms. The summed E-state index contributed by atoms with van der Waals surface area (Å²) in [6.45, 7) is 1.37. The van der Waals surface area contributed by atoms with Crippen LogP contribution in [0.2, 0.25) is 0 Å². The Balaban J connectivity index is 1.34. The Morgan fingerprint density at radius 1 is 1.07 bits per heavy atom. The number of nitrogens with zero attached hydrogens (tertiary/aromatic N) is 1. The molecule has 0 aliphatic carbocycles. The first kappa shape index (κ1) is 27.8. The monoisotopic (exact) mass is 558 g/mol. The summed E-state index contributed by atoms with van der Waals surface area (Å²) in [5, 5.41) is 8.89. The van der Waals surface area contributed by atoms with Gasteiger partial charge >= 0.3 is 6.03 Å². The number of amides is 4. The van der Waals surface area contributed by atoms with Crippen LogP contribution >= 0.6 is 0 Å². The maximum atomic E-state index is 13.4. The molecular weight excluding hydrogens is 524 g/mol. The molecular formula is C31H34N4O6. The highest BCUT2D eigenvalue weighted by atomic mass is 16.5. The predicted octanol–water partition coefficient (Wildman–Crippen LogP) is 2.91. The van der Waals surface area contributed by atoms with E-state index in [9.17, 15) is 14.4 Å². The fourth-order valence-corrected chi connectivity index (χ4v) is 4.90. The fraction of sp³-hybridized carbons (Fsp3) is 0.323. The van der Waals surface area contributed by atoms with E-state index in [1.807, 2.05) is 54.6 Å². The van der Waals surface area contributed by atoms with Gasteiger partial charge in [0.15, 0.2) is 18.1 Å². The number of benzene rings is 3. The van der Waals surface area contributed by atoms with Gasteiger partial charge in [0.05, 0.1) is 13.2 Å². The summed E-state index contributed by atoms with van der Waals surface area (Å²) >= 11 is 0. The standard InChI is InChI=1S/C31H34N4O6/c1-39-27-12-9-23-17-28(27)40-20-29(36)33-18-22-7-10-24(11-8-22)41-26-14-16-35(19-25(26)34-30(23)37)31(38)32-15-13-21-5-3-2-4-6-21/h2-12,17,25-26H,13-16,18-20H2,1H3,(H,32,38)(H,33,36)(H,34,37)/t25-,26+/m0/s1. The number of piperidine rings is 1. The number of carbonyl (C=O) groups excluding carboxylic acids is 3. The lowest BCUT2D eigenvalue weighted by Gasteiger charge is -2.38. The van der Waals surface area contributed by atoms with E-state index in [4.69, 9.17) is 14.2 Å². The molecule has 41 heavy (non-hydrogen) atoms. The largest absolute Gasteiger partial charge is 0.493 e. The predicted molar refractivity (Wildman–Crippen MR) is 152 cm³/mol. The van der Waals surface area contributed by atoms with Crippen molar-refractivity contribution < 1.29 is 28.6 Å². The van der Waals surface area contributed by atoms with Crippen molar-refractivity contribution in [2.24, 2.45) is 0 Å². The first-order valence-corrected chi connectivity index (χ1v) is 13.7. The normalized spacial score (nSPS) is 19.0. The molecule has 0 saturated carbocycles. The third-order valence-corrected chi connectivity index (χ3v) is 7.17. The van der Waals surface area contributed by atoms with Crippen molar-refractivity contribution >= 4 is 17.8 Å². The molecule has 3 aromatic carbocycles. The minimum absolute atomic E-state index is 0.182. The summed E-state index contributed by atoms with van der Waals surface area (Å²) in [5.41, 5.74) is 2.38. The van der Waals surface area contributed by atoms with Gasteiger partial charge in [0, 0.05) is 38.2 Å². The average molecular weight is 559 g/mol. The molecule has 0 unspecified atom stereocenters. The third kappa shape index (κ3) is 7.27. The van der Waals surface area contributed by atoms with Crippen molar-refractivity contribution in [1.82, 2.24) is 20.9 Å². The molecule has 10 nitrogen and oxygen atoms in total. The van der Waals surface area contributed by atoms with Gasteiger partial charge in [-0.05, 0) is 47.9 Å². The van der Waals surface area contributed by atoms with Crippen LogP contribution in [0.15, 0.2) is 72.8 Å². The Labute approximate surface area is 239 Å². The van der Waals surface area contributed by atoms with Crippen molar-refractivity contribution in [2.45, 2.75) is 31.5 Å². The number of hydrogen-bond donors (Lipinski definition) is 3. The molecule has 3 aliphatic heterocycles. The molecule has 6 rings (SSSR count). The highest BCUT2D eigenvalue weighted by Gasteiger charge is 2.34. The first-order valence-electron chi connectivity index (χ1n) is 13.7. The highest BCUT2D eigenvalue weighted by Crippen LogP contribution is 2.28. The van der Waals surface area contributed by atoms with Crippen molar-refractivity contribution in [3.05, 3.63) is 89.5 Å². The minimum Gasteiger partial charge on any atom is -0.493 e. The zero-order valence-corrected chi connectivity index (χ0v) is 22.9. The Morgan fingerprint density at radius 3 is 2.66 bits per heavy atom. The number of rotatable bonds is 4. The average Bonchev–Trinajstić information content (AvgIpc) is 3.00. The maximum absolute atomic E-state index is 13.4. The second kappa shape index (κ2) is 13.1. The van der Waals surface area contributed by atoms with Gasteiger partial charge in [0.25, 0.3) is 11.8 Å².